The molecule has 2 unspecified atom stereocenters. The SMILES string of the molecule is C1=CCC2(PP2)C(c2ccccc2)=C1. The van der Waals surface area contributed by atoms with Crippen LogP contribution in [0.3, 0.4) is 0 Å². The van der Waals surface area contributed by atoms with Crippen molar-refractivity contribution in [1.29, 1.82) is 0 Å². The van der Waals surface area contributed by atoms with Crippen LogP contribution in [-0.2, 0) is 0 Å². The van der Waals surface area contributed by atoms with Crippen LogP contribution in [-0.4, -0.2) is 4.90 Å². The summed E-state index contributed by atoms with van der Waals surface area (Å²) in [5.74, 6) is 0. The van der Waals surface area contributed by atoms with Gasteiger partial charge in [0, 0.05) is 4.90 Å². The fraction of sp³-hybridized carbons (Fsp3) is 0.167. The van der Waals surface area contributed by atoms with Crippen molar-refractivity contribution in [2.45, 2.75) is 11.3 Å². The molecule has 70 valence electrons. The lowest BCUT2D eigenvalue weighted by Gasteiger charge is -2.19. The summed E-state index contributed by atoms with van der Waals surface area (Å²) in [6.07, 6.45) is 8.11. The molecule has 1 spiro atoms. The number of hydrogen-bond donors (Lipinski definition) is 0. The van der Waals surface area contributed by atoms with Crippen LogP contribution in [0, 0.1) is 0 Å². The lowest BCUT2D eigenvalue weighted by molar-refractivity contribution is 1.03. The van der Waals surface area contributed by atoms with Gasteiger partial charge in [0.25, 0.3) is 0 Å². The first-order valence-electron chi connectivity index (χ1n) is 4.88. The van der Waals surface area contributed by atoms with Gasteiger partial charge in [0.2, 0.25) is 0 Å². The highest BCUT2D eigenvalue weighted by Crippen LogP contribution is 2.84. The van der Waals surface area contributed by atoms with Crippen LogP contribution >= 0.6 is 16.5 Å². The molecular weight excluding hydrogens is 206 g/mol. The van der Waals surface area contributed by atoms with E-state index in [2.05, 4.69) is 48.6 Å². The molecule has 0 nitrogen and oxygen atoms in total. The molecular formula is C12H12P2. The molecule has 2 heteroatoms. The summed E-state index contributed by atoms with van der Waals surface area (Å²) >= 11 is 0. The van der Waals surface area contributed by atoms with Crippen LogP contribution < -0.4 is 0 Å². The normalized spacial score (nSPS) is 32.4. The Hall–Kier alpha value is -0.440. The molecule has 1 aliphatic heterocycles. The van der Waals surface area contributed by atoms with E-state index in [1.165, 1.54) is 28.5 Å². The molecule has 1 aromatic rings. The van der Waals surface area contributed by atoms with Gasteiger partial charge in [-0.25, -0.2) is 0 Å². The third-order valence-electron chi connectivity index (χ3n) is 2.79. The van der Waals surface area contributed by atoms with Gasteiger partial charge in [-0.3, -0.25) is 0 Å². The van der Waals surface area contributed by atoms with Crippen LogP contribution in [0.5, 0.6) is 0 Å². The van der Waals surface area contributed by atoms with Gasteiger partial charge in [-0.05, 0) is 17.6 Å². The van der Waals surface area contributed by atoms with Crippen molar-refractivity contribution in [2.75, 3.05) is 0 Å². The molecule has 1 aliphatic carbocycles. The summed E-state index contributed by atoms with van der Waals surface area (Å²) in [5, 5.41) is 0. The second-order valence-electron chi connectivity index (χ2n) is 3.73. The van der Waals surface area contributed by atoms with Crippen LogP contribution in [0.25, 0.3) is 5.57 Å². The van der Waals surface area contributed by atoms with Gasteiger partial charge < -0.3 is 0 Å². The Morgan fingerprint density at radius 2 is 1.86 bits per heavy atom. The molecule has 1 aromatic carbocycles. The van der Waals surface area contributed by atoms with Crippen molar-refractivity contribution in [3.8, 4) is 0 Å². The summed E-state index contributed by atoms with van der Waals surface area (Å²) in [6, 6.07) is 10.8. The zero-order chi connectivity index (χ0) is 9.43. The molecule has 14 heavy (non-hydrogen) atoms. The average Bonchev–Trinajstić information content (AvgIpc) is 3.01. The third kappa shape index (κ3) is 1.38. The van der Waals surface area contributed by atoms with Gasteiger partial charge in [0.15, 0.2) is 0 Å². The van der Waals surface area contributed by atoms with E-state index in [1.54, 1.807) is 5.57 Å². The molecule has 0 bridgehead atoms. The maximum atomic E-state index is 2.32. The highest BCUT2D eigenvalue weighted by molar-refractivity contribution is 8.31. The summed E-state index contributed by atoms with van der Waals surface area (Å²) < 4.78 is 0. The van der Waals surface area contributed by atoms with Gasteiger partial charge in [-0.1, -0.05) is 65.1 Å². The molecule has 2 atom stereocenters. The number of benzene rings is 1. The van der Waals surface area contributed by atoms with Crippen molar-refractivity contribution < 1.29 is 0 Å². The minimum absolute atomic E-state index is 0.579. The first-order valence-corrected chi connectivity index (χ1v) is 7.88. The molecule has 0 radical (unpaired) electrons. The maximum Gasteiger partial charge on any atom is 0.0410 e. The quantitative estimate of drug-likeness (QED) is 0.624. The summed E-state index contributed by atoms with van der Waals surface area (Å²) in [7, 11) is 2.33. The highest BCUT2D eigenvalue weighted by atomic mass is 32.1. The molecule has 1 fully saturated rings. The Morgan fingerprint density at radius 1 is 1.07 bits per heavy atom. The monoisotopic (exact) mass is 218 g/mol. The van der Waals surface area contributed by atoms with Crippen LogP contribution in [0.1, 0.15) is 12.0 Å². The van der Waals surface area contributed by atoms with Crippen LogP contribution in [0.4, 0.5) is 0 Å². The predicted molar refractivity (Wildman–Crippen MR) is 67.5 cm³/mol. The second-order valence-corrected chi connectivity index (χ2v) is 7.94. The minimum atomic E-state index is 0.579. The first kappa shape index (κ1) is 8.84. The van der Waals surface area contributed by atoms with E-state index in [0.29, 0.717) is 4.90 Å². The summed E-state index contributed by atoms with van der Waals surface area (Å²) in [4.78, 5) is 0.579. The lowest BCUT2D eigenvalue weighted by atomic mass is 9.96. The largest absolute Gasteiger partial charge is 0.0829 e. The molecule has 2 aliphatic rings. The zero-order valence-electron chi connectivity index (χ0n) is 7.83. The van der Waals surface area contributed by atoms with Crippen LogP contribution in [0.2, 0.25) is 0 Å². The molecule has 0 saturated carbocycles. The maximum absolute atomic E-state index is 2.32. The molecule has 0 amide bonds. The number of hydrogen-bond acceptors (Lipinski definition) is 0. The van der Waals surface area contributed by atoms with Gasteiger partial charge >= 0.3 is 0 Å². The van der Waals surface area contributed by atoms with E-state index in [4.69, 9.17) is 0 Å². The Bertz CT molecular complexity index is 400. The van der Waals surface area contributed by atoms with Gasteiger partial charge in [0.1, 0.15) is 0 Å². The standard InChI is InChI=1S/C12H12P2/c1-2-6-10(7-3-1)11-8-4-5-9-12(11)13-14-12/h1-8,13-14H,9H2. The minimum Gasteiger partial charge on any atom is -0.0829 e. The Morgan fingerprint density at radius 3 is 2.57 bits per heavy atom. The third-order valence-corrected chi connectivity index (χ3v) is 7.16. The Kier molecular flexibility index (Phi) is 2.08. The van der Waals surface area contributed by atoms with Gasteiger partial charge in [-0.15, -0.1) is 0 Å². The smallest absolute Gasteiger partial charge is 0.0410 e. The van der Waals surface area contributed by atoms with Crippen molar-refractivity contribution in [2.24, 2.45) is 0 Å². The van der Waals surface area contributed by atoms with E-state index in [-0.39, 0.29) is 0 Å². The van der Waals surface area contributed by atoms with E-state index in [9.17, 15) is 0 Å². The van der Waals surface area contributed by atoms with Crippen molar-refractivity contribution in [1.82, 2.24) is 0 Å². The fourth-order valence-corrected chi connectivity index (χ4v) is 5.12. The molecule has 1 heterocycles. The topological polar surface area (TPSA) is 0 Å². The second kappa shape index (κ2) is 3.30. The molecule has 0 N–H and O–H groups in total. The van der Waals surface area contributed by atoms with Crippen molar-refractivity contribution in [3.63, 3.8) is 0 Å². The van der Waals surface area contributed by atoms with E-state index >= 15 is 0 Å². The lowest BCUT2D eigenvalue weighted by Crippen LogP contribution is -2.08. The van der Waals surface area contributed by atoms with E-state index < -0.39 is 0 Å². The van der Waals surface area contributed by atoms with Gasteiger partial charge in [0.05, 0.1) is 0 Å². The number of rotatable bonds is 1. The van der Waals surface area contributed by atoms with Gasteiger partial charge in [-0.2, -0.15) is 0 Å². The molecule has 3 rings (SSSR count). The van der Waals surface area contributed by atoms with E-state index in [1.807, 2.05) is 0 Å². The molecule has 0 aromatic heterocycles. The van der Waals surface area contributed by atoms with E-state index in [0.717, 1.165) is 0 Å². The van der Waals surface area contributed by atoms with Crippen molar-refractivity contribution >= 4 is 22.1 Å². The molecule has 1 saturated heterocycles. The Labute approximate surface area is 88.0 Å². The summed E-state index contributed by atoms with van der Waals surface area (Å²) in [5.41, 5.74) is 3.01. The fourth-order valence-electron chi connectivity index (χ4n) is 1.93. The number of allylic oxidation sites excluding steroid dienone is 4. The highest BCUT2D eigenvalue weighted by Gasteiger charge is 2.46. The Balaban J connectivity index is 2.05. The van der Waals surface area contributed by atoms with Crippen LogP contribution in [0.15, 0.2) is 48.6 Å². The first-order chi connectivity index (χ1) is 6.91. The predicted octanol–water partition coefficient (Wildman–Crippen LogP) is 4.01. The average molecular weight is 218 g/mol. The zero-order valence-corrected chi connectivity index (χ0v) is 9.83. The van der Waals surface area contributed by atoms with Crippen molar-refractivity contribution in [3.05, 3.63) is 54.1 Å². The summed E-state index contributed by atoms with van der Waals surface area (Å²) in [6.45, 7) is 0.